The van der Waals surface area contributed by atoms with E-state index in [1.807, 2.05) is 13.8 Å². The van der Waals surface area contributed by atoms with Gasteiger partial charge in [-0.3, -0.25) is 0 Å². The molecule has 0 aliphatic carbocycles. The topological polar surface area (TPSA) is 56.7 Å². The largest absolute Gasteiger partial charge is 0.491 e. The quantitative estimate of drug-likeness (QED) is 0.744. The number of hydrogen-bond donors (Lipinski definition) is 0. The van der Waals surface area contributed by atoms with E-state index in [9.17, 15) is 0 Å². The predicted molar refractivity (Wildman–Crippen MR) is 89.4 cm³/mol. The van der Waals surface area contributed by atoms with Crippen molar-refractivity contribution in [2.45, 2.75) is 26.2 Å². The van der Waals surface area contributed by atoms with Gasteiger partial charge in [0.25, 0.3) is 0 Å². The van der Waals surface area contributed by atoms with Crippen LogP contribution in [-0.2, 0) is 4.74 Å². The molecule has 1 saturated heterocycles. The van der Waals surface area contributed by atoms with E-state index in [1.54, 1.807) is 13.2 Å². The lowest BCUT2D eigenvalue weighted by atomic mass is 9.65. The maximum Gasteiger partial charge on any atom is 0.318 e. The third-order valence-corrected chi connectivity index (χ3v) is 3.78. The van der Waals surface area contributed by atoms with Crippen molar-refractivity contribution in [3.8, 4) is 11.8 Å². The summed E-state index contributed by atoms with van der Waals surface area (Å²) >= 11 is 0. The number of ether oxygens (including phenoxy) is 3. The summed E-state index contributed by atoms with van der Waals surface area (Å²) < 4.78 is 16.8. The first-order valence-corrected chi connectivity index (χ1v) is 7.61. The summed E-state index contributed by atoms with van der Waals surface area (Å²) in [6, 6.07) is 0.351. The van der Waals surface area contributed by atoms with E-state index >= 15 is 0 Å². The van der Waals surface area contributed by atoms with Crippen LogP contribution in [0.4, 0.5) is 5.82 Å². The second-order valence-electron chi connectivity index (χ2n) is 5.77. The number of morpholine rings is 1. The monoisotopic (exact) mass is 305 g/mol. The van der Waals surface area contributed by atoms with E-state index in [0.717, 1.165) is 26.2 Å². The van der Waals surface area contributed by atoms with E-state index in [4.69, 9.17) is 14.2 Å². The van der Waals surface area contributed by atoms with Gasteiger partial charge < -0.3 is 19.1 Å². The Kier molecular flexibility index (Phi) is 5.29. The van der Waals surface area contributed by atoms with E-state index in [-0.39, 0.29) is 5.50 Å². The molecule has 1 aliphatic heterocycles. The number of hydrogen-bond acceptors (Lipinski definition) is 6. The molecule has 120 valence electrons. The Morgan fingerprint density at radius 3 is 2.55 bits per heavy atom. The van der Waals surface area contributed by atoms with Crippen LogP contribution in [0.2, 0.25) is 6.82 Å². The zero-order valence-corrected chi connectivity index (χ0v) is 13.9. The Morgan fingerprint density at radius 1 is 1.32 bits per heavy atom. The number of aromatic nitrogens is 2. The molecule has 0 spiro atoms. The zero-order valence-electron chi connectivity index (χ0n) is 13.9. The van der Waals surface area contributed by atoms with E-state index in [0.29, 0.717) is 30.7 Å². The van der Waals surface area contributed by atoms with Crippen molar-refractivity contribution in [1.29, 1.82) is 0 Å². The molecule has 0 radical (unpaired) electrons. The molecule has 1 fully saturated rings. The summed E-state index contributed by atoms with van der Waals surface area (Å²) in [4.78, 5) is 11.1. The summed E-state index contributed by atoms with van der Waals surface area (Å²) in [6.07, 6.45) is 1.66. The minimum absolute atomic E-state index is 0.324. The van der Waals surface area contributed by atoms with Crippen LogP contribution in [0.15, 0.2) is 6.58 Å². The van der Waals surface area contributed by atoms with Gasteiger partial charge in [-0.2, -0.15) is 9.97 Å². The Bertz CT molecular complexity index is 531. The number of methoxy groups -OCH3 is 1. The summed E-state index contributed by atoms with van der Waals surface area (Å²) in [6.45, 7) is 12.8. The second kappa shape index (κ2) is 7.00. The van der Waals surface area contributed by atoms with Crippen molar-refractivity contribution in [2.75, 3.05) is 38.3 Å². The van der Waals surface area contributed by atoms with Gasteiger partial charge in [-0.25, -0.2) is 0 Å². The fourth-order valence-corrected chi connectivity index (χ4v) is 2.12. The average Bonchev–Trinajstić information content (AvgIpc) is 2.54. The van der Waals surface area contributed by atoms with Crippen LogP contribution in [0.5, 0.6) is 11.8 Å². The lowest BCUT2D eigenvalue weighted by Gasteiger charge is -2.30. The molecular formula is C15H24BN3O3. The van der Waals surface area contributed by atoms with Crippen LogP contribution in [0.3, 0.4) is 0 Å². The molecule has 0 N–H and O–H groups in total. The third-order valence-electron chi connectivity index (χ3n) is 3.78. The molecule has 2 heterocycles. The van der Waals surface area contributed by atoms with Gasteiger partial charge in [-0.1, -0.05) is 13.4 Å². The molecule has 0 unspecified atom stereocenters. The van der Waals surface area contributed by atoms with Crippen molar-refractivity contribution in [1.82, 2.24) is 9.97 Å². The van der Waals surface area contributed by atoms with E-state index in [1.165, 1.54) is 0 Å². The van der Waals surface area contributed by atoms with Gasteiger partial charge in [0.15, 0.2) is 18.8 Å². The van der Waals surface area contributed by atoms with Crippen molar-refractivity contribution in [2.24, 2.45) is 0 Å². The van der Waals surface area contributed by atoms with Crippen molar-refractivity contribution in [3.05, 3.63) is 12.3 Å². The molecule has 0 saturated carbocycles. The van der Waals surface area contributed by atoms with Crippen molar-refractivity contribution >= 4 is 19.2 Å². The summed E-state index contributed by atoms with van der Waals surface area (Å²) in [5.74, 6) is 1.36. The highest BCUT2D eigenvalue weighted by molar-refractivity contribution is 6.37. The molecular weight excluding hydrogens is 281 g/mol. The molecule has 0 amide bonds. The van der Waals surface area contributed by atoms with Gasteiger partial charge in [-0.15, -0.1) is 0 Å². The molecule has 1 aromatic rings. The highest BCUT2D eigenvalue weighted by atomic mass is 16.5. The summed E-state index contributed by atoms with van der Waals surface area (Å²) in [5.41, 5.74) is 0.316. The normalized spacial score (nSPS) is 15.4. The van der Waals surface area contributed by atoms with Gasteiger partial charge in [0, 0.05) is 13.1 Å². The molecule has 0 bridgehead atoms. The van der Waals surface area contributed by atoms with E-state index < -0.39 is 0 Å². The molecule has 7 heteroatoms. The zero-order chi connectivity index (χ0) is 16.2. The van der Waals surface area contributed by atoms with Gasteiger partial charge in [0.05, 0.1) is 25.8 Å². The van der Waals surface area contributed by atoms with Crippen LogP contribution in [0.1, 0.15) is 19.5 Å². The van der Waals surface area contributed by atoms with Crippen LogP contribution >= 0.6 is 0 Å². The Hall–Kier alpha value is -1.76. The van der Waals surface area contributed by atoms with Gasteiger partial charge in [-0.05, 0) is 19.9 Å². The van der Waals surface area contributed by atoms with Gasteiger partial charge in [0.2, 0.25) is 0 Å². The average molecular weight is 305 g/mol. The standard InChI is InChI=1S/C15H24BN3O3/c1-6-11-12(20-5)13(19-7-9-21-10-8-19)18-14(17-11)22-15(2,3)16-4/h6,16H,1,7-10H2,2-5H3. The summed E-state index contributed by atoms with van der Waals surface area (Å²) in [7, 11) is 2.48. The maximum atomic E-state index is 5.94. The van der Waals surface area contributed by atoms with Crippen molar-refractivity contribution in [3.63, 3.8) is 0 Å². The number of rotatable bonds is 6. The molecule has 0 aromatic carbocycles. The van der Waals surface area contributed by atoms with Gasteiger partial charge in [0.1, 0.15) is 5.69 Å². The SMILES string of the molecule is C=Cc1nc(OC(C)(C)BC)nc(N2CCOCC2)c1OC. The maximum absolute atomic E-state index is 5.94. The Balaban J connectivity index is 2.42. The molecule has 1 aromatic heterocycles. The fourth-order valence-electron chi connectivity index (χ4n) is 2.12. The van der Waals surface area contributed by atoms with Crippen LogP contribution in [0.25, 0.3) is 6.08 Å². The number of anilines is 1. The first kappa shape index (κ1) is 16.6. The Morgan fingerprint density at radius 2 is 2.00 bits per heavy atom. The molecule has 0 atom stereocenters. The summed E-state index contributed by atoms with van der Waals surface area (Å²) in [5, 5.41) is 0. The first-order valence-electron chi connectivity index (χ1n) is 7.61. The van der Waals surface area contributed by atoms with Crippen LogP contribution < -0.4 is 14.4 Å². The molecule has 22 heavy (non-hydrogen) atoms. The lowest BCUT2D eigenvalue weighted by Crippen LogP contribution is -2.38. The van der Waals surface area contributed by atoms with Crippen molar-refractivity contribution < 1.29 is 14.2 Å². The smallest absolute Gasteiger partial charge is 0.318 e. The third kappa shape index (κ3) is 3.71. The predicted octanol–water partition coefficient (Wildman–Crippen LogP) is 1.56. The second-order valence-corrected chi connectivity index (χ2v) is 5.77. The van der Waals surface area contributed by atoms with Gasteiger partial charge >= 0.3 is 6.01 Å². The minimum atomic E-state index is -0.324. The van der Waals surface area contributed by atoms with E-state index in [2.05, 4.69) is 28.3 Å². The fraction of sp³-hybridized carbons (Fsp3) is 0.600. The highest BCUT2D eigenvalue weighted by Crippen LogP contribution is 2.32. The molecule has 2 rings (SSSR count). The van der Waals surface area contributed by atoms with Crippen LogP contribution in [0, 0.1) is 0 Å². The first-order chi connectivity index (χ1) is 10.5. The van der Waals surface area contributed by atoms with Crippen LogP contribution in [-0.4, -0.2) is 56.2 Å². The molecule has 1 aliphatic rings. The molecule has 6 nitrogen and oxygen atoms in total. The Labute approximate surface area is 132 Å². The highest BCUT2D eigenvalue weighted by Gasteiger charge is 2.25. The lowest BCUT2D eigenvalue weighted by molar-refractivity contribution is 0.121. The number of nitrogens with zero attached hydrogens (tertiary/aromatic N) is 3. The minimum Gasteiger partial charge on any atom is -0.491 e.